The zero-order chi connectivity index (χ0) is 14.1. The number of rotatable bonds is 2. The maximum atomic E-state index is 11.3. The van der Waals surface area contributed by atoms with Crippen LogP contribution in [-0.2, 0) is 4.79 Å². The fourth-order valence-corrected chi connectivity index (χ4v) is 2.13. The summed E-state index contributed by atoms with van der Waals surface area (Å²) in [6, 6.07) is 11.1. The second-order valence-corrected chi connectivity index (χ2v) is 4.41. The zero-order valence-corrected chi connectivity index (χ0v) is 11.2. The first-order valence-electron chi connectivity index (χ1n) is 6.20. The average molecular weight is 267 g/mol. The minimum Gasteiger partial charge on any atom is -0.494 e. The van der Waals surface area contributed by atoms with E-state index in [1.807, 2.05) is 24.3 Å². The smallest absolute Gasteiger partial charge is 0.221 e. The van der Waals surface area contributed by atoms with Gasteiger partial charge in [0.15, 0.2) is 0 Å². The highest BCUT2D eigenvalue weighted by molar-refractivity contribution is 6.02. The van der Waals surface area contributed by atoms with Gasteiger partial charge in [0.2, 0.25) is 5.91 Å². The van der Waals surface area contributed by atoms with Gasteiger partial charge in [-0.25, -0.2) is 9.97 Å². The molecule has 20 heavy (non-hydrogen) atoms. The fraction of sp³-hybridized carbons (Fsp3) is 0.133. The summed E-state index contributed by atoms with van der Waals surface area (Å²) < 4.78 is 5.32. The zero-order valence-electron chi connectivity index (χ0n) is 11.2. The number of para-hydroxylation sites is 2. The first kappa shape index (κ1) is 12.3. The number of benzene rings is 2. The van der Waals surface area contributed by atoms with Crippen LogP contribution in [0.4, 0.5) is 5.69 Å². The van der Waals surface area contributed by atoms with E-state index >= 15 is 0 Å². The lowest BCUT2D eigenvalue weighted by Gasteiger charge is -2.10. The fourth-order valence-electron chi connectivity index (χ4n) is 2.13. The molecule has 5 nitrogen and oxygen atoms in total. The number of nitrogens with zero attached hydrogens (tertiary/aromatic N) is 2. The van der Waals surface area contributed by atoms with Crippen molar-refractivity contribution in [2.45, 2.75) is 6.92 Å². The molecule has 0 spiro atoms. The van der Waals surface area contributed by atoms with E-state index in [1.165, 1.54) is 6.92 Å². The number of anilines is 1. The van der Waals surface area contributed by atoms with Gasteiger partial charge in [0.25, 0.3) is 0 Å². The number of methoxy groups -OCH3 is 1. The summed E-state index contributed by atoms with van der Waals surface area (Å²) in [4.78, 5) is 20.4. The summed E-state index contributed by atoms with van der Waals surface area (Å²) in [7, 11) is 1.59. The molecule has 3 rings (SSSR count). The molecule has 1 amide bonds. The predicted molar refractivity (Wildman–Crippen MR) is 77.9 cm³/mol. The van der Waals surface area contributed by atoms with Gasteiger partial charge >= 0.3 is 0 Å². The van der Waals surface area contributed by atoms with E-state index in [9.17, 15) is 4.79 Å². The van der Waals surface area contributed by atoms with E-state index in [0.717, 1.165) is 11.0 Å². The minimum absolute atomic E-state index is 0.147. The number of nitrogens with one attached hydrogen (secondary N) is 1. The summed E-state index contributed by atoms with van der Waals surface area (Å²) in [6.45, 7) is 1.46. The highest BCUT2D eigenvalue weighted by Gasteiger charge is 2.11. The van der Waals surface area contributed by atoms with Crippen molar-refractivity contribution in [1.82, 2.24) is 9.97 Å². The van der Waals surface area contributed by atoms with Crippen molar-refractivity contribution in [3.63, 3.8) is 0 Å². The molecule has 1 N–H and O–H groups in total. The van der Waals surface area contributed by atoms with Gasteiger partial charge in [0.1, 0.15) is 16.8 Å². The first-order chi connectivity index (χ1) is 9.69. The number of aromatic nitrogens is 2. The van der Waals surface area contributed by atoms with Crippen LogP contribution in [0.25, 0.3) is 22.1 Å². The molecule has 0 aliphatic heterocycles. The number of amides is 1. The van der Waals surface area contributed by atoms with Crippen LogP contribution in [0.2, 0.25) is 0 Å². The van der Waals surface area contributed by atoms with E-state index in [0.29, 0.717) is 22.5 Å². The van der Waals surface area contributed by atoms with Crippen LogP contribution < -0.4 is 10.1 Å². The number of fused-ring (bicyclic) bond motifs is 2. The molecule has 0 atom stereocenters. The van der Waals surface area contributed by atoms with Crippen molar-refractivity contribution in [2.24, 2.45) is 0 Å². The van der Waals surface area contributed by atoms with E-state index in [-0.39, 0.29) is 5.91 Å². The molecule has 3 aromatic rings. The highest BCUT2D eigenvalue weighted by Crippen LogP contribution is 2.30. The third-order valence-electron chi connectivity index (χ3n) is 2.99. The van der Waals surface area contributed by atoms with Crippen LogP contribution >= 0.6 is 0 Å². The van der Waals surface area contributed by atoms with Crippen LogP contribution in [0, 0.1) is 0 Å². The molecule has 2 aromatic carbocycles. The topological polar surface area (TPSA) is 64.1 Å². The van der Waals surface area contributed by atoms with Gasteiger partial charge < -0.3 is 10.1 Å². The molecule has 0 aliphatic carbocycles. The van der Waals surface area contributed by atoms with E-state index < -0.39 is 0 Å². The number of ether oxygens (including phenoxy) is 1. The van der Waals surface area contributed by atoms with Crippen LogP contribution in [0.1, 0.15) is 6.92 Å². The average Bonchev–Trinajstić information content (AvgIpc) is 2.45. The largest absolute Gasteiger partial charge is 0.494 e. The Morgan fingerprint density at radius 2 is 1.70 bits per heavy atom. The molecule has 0 fully saturated rings. The Morgan fingerprint density at radius 3 is 2.30 bits per heavy atom. The number of hydrogen-bond acceptors (Lipinski definition) is 4. The first-order valence-corrected chi connectivity index (χ1v) is 6.20. The summed E-state index contributed by atoms with van der Waals surface area (Å²) >= 11 is 0. The summed E-state index contributed by atoms with van der Waals surface area (Å²) in [6.07, 6.45) is 0. The van der Waals surface area contributed by atoms with Gasteiger partial charge in [-0.3, -0.25) is 4.79 Å². The van der Waals surface area contributed by atoms with Crippen molar-refractivity contribution < 1.29 is 9.53 Å². The predicted octanol–water partition coefficient (Wildman–Crippen LogP) is 2.75. The molecule has 5 heteroatoms. The Labute approximate surface area is 115 Å². The van der Waals surface area contributed by atoms with Gasteiger partial charge in [-0.2, -0.15) is 0 Å². The van der Waals surface area contributed by atoms with Crippen LogP contribution in [-0.4, -0.2) is 23.0 Å². The number of carbonyl (C=O) groups excluding carboxylic acids is 1. The van der Waals surface area contributed by atoms with Crippen molar-refractivity contribution >= 4 is 33.7 Å². The molecular formula is C15H13N3O2. The van der Waals surface area contributed by atoms with Crippen molar-refractivity contribution in [2.75, 3.05) is 12.4 Å². The lowest BCUT2D eigenvalue weighted by molar-refractivity contribution is -0.114. The summed E-state index contributed by atoms with van der Waals surface area (Å²) in [5, 5.41) is 2.77. The monoisotopic (exact) mass is 267 g/mol. The Kier molecular flexibility index (Phi) is 2.95. The molecule has 1 aromatic heterocycles. The molecule has 0 radical (unpaired) electrons. The molecule has 0 aliphatic rings. The second kappa shape index (κ2) is 4.77. The highest BCUT2D eigenvalue weighted by atomic mass is 16.5. The maximum Gasteiger partial charge on any atom is 0.221 e. The lowest BCUT2D eigenvalue weighted by Crippen LogP contribution is -2.07. The second-order valence-electron chi connectivity index (χ2n) is 4.41. The molecular weight excluding hydrogens is 254 g/mol. The van der Waals surface area contributed by atoms with Crippen molar-refractivity contribution in [3.05, 3.63) is 36.4 Å². The third-order valence-corrected chi connectivity index (χ3v) is 2.99. The Hall–Kier alpha value is -2.69. The maximum absolute atomic E-state index is 11.3. The number of hydrogen-bond donors (Lipinski definition) is 1. The summed E-state index contributed by atoms with van der Waals surface area (Å²) in [5.74, 6) is 0.485. The lowest BCUT2D eigenvalue weighted by atomic mass is 10.2. The molecule has 0 unspecified atom stereocenters. The third kappa shape index (κ3) is 2.03. The molecule has 0 saturated carbocycles. The van der Waals surface area contributed by atoms with E-state index in [2.05, 4.69) is 15.3 Å². The normalized spacial score (nSPS) is 10.7. The van der Waals surface area contributed by atoms with Crippen LogP contribution in [0.15, 0.2) is 36.4 Å². The molecule has 0 saturated heterocycles. The Balaban J connectivity index is 2.37. The van der Waals surface area contributed by atoms with Crippen LogP contribution in [0.3, 0.4) is 0 Å². The van der Waals surface area contributed by atoms with Crippen molar-refractivity contribution in [1.29, 1.82) is 0 Å². The minimum atomic E-state index is -0.147. The standard InChI is InChI=1S/C15H13N3O2/c1-9(19)16-12-7-8-13(20-2)15-14(12)17-10-5-3-4-6-11(10)18-15/h3-8H,1-2H3,(H,16,19). The number of carbonyl (C=O) groups is 1. The quantitative estimate of drug-likeness (QED) is 0.725. The van der Waals surface area contributed by atoms with Gasteiger partial charge in [0.05, 0.1) is 23.8 Å². The molecule has 0 bridgehead atoms. The van der Waals surface area contributed by atoms with E-state index in [1.54, 1.807) is 19.2 Å². The van der Waals surface area contributed by atoms with Gasteiger partial charge in [-0.1, -0.05) is 12.1 Å². The molecule has 100 valence electrons. The SMILES string of the molecule is COc1ccc(NC(C)=O)c2nc3ccccc3nc12. The summed E-state index contributed by atoms with van der Waals surface area (Å²) in [5.41, 5.74) is 3.46. The molecule has 1 heterocycles. The Morgan fingerprint density at radius 1 is 1.05 bits per heavy atom. The van der Waals surface area contributed by atoms with Gasteiger partial charge in [-0.05, 0) is 24.3 Å². The Bertz CT molecular complexity index is 815. The van der Waals surface area contributed by atoms with Gasteiger partial charge in [0, 0.05) is 6.92 Å². The van der Waals surface area contributed by atoms with Crippen molar-refractivity contribution in [3.8, 4) is 5.75 Å². The van der Waals surface area contributed by atoms with Crippen LogP contribution in [0.5, 0.6) is 5.75 Å². The van der Waals surface area contributed by atoms with E-state index in [4.69, 9.17) is 4.74 Å². The van der Waals surface area contributed by atoms with Gasteiger partial charge in [-0.15, -0.1) is 0 Å².